The summed E-state index contributed by atoms with van der Waals surface area (Å²) in [5.41, 5.74) is 22.1. The molecule has 5 aliphatic rings. The van der Waals surface area contributed by atoms with E-state index < -0.39 is 0 Å². The lowest BCUT2D eigenvalue weighted by Gasteiger charge is -2.31. The molecule has 0 saturated heterocycles. The van der Waals surface area contributed by atoms with Gasteiger partial charge >= 0.3 is 0 Å². The van der Waals surface area contributed by atoms with Gasteiger partial charge in [0.15, 0.2) is 0 Å². The predicted molar refractivity (Wildman–Crippen MR) is 466 cm³/mol. The minimum Gasteiger partial charge on any atom is -0.0761 e. The molecular weight excluding hydrogens is 1300 g/mol. The molecule has 0 amide bonds. The van der Waals surface area contributed by atoms with E-state index in [9.17, 15) is 0 Å². The second-order valence-electron chi connectivity index (χ2n) is 27.8. The largest absolute Gasteiger partial charge is 0.0761 e. The first-order valence-electron chi connectivity index (χ1n) is 37.7. The molecule has 108 heavy (non-hydrogen) atoms. The van der Waals surface area contributed by atoms with Crippen molar-refractivity contribution in [1.29, 1.82) is 0 Å². The molecule has 0 heterocycles. The van der Waals surface area contributed by atoms with Crippen molar-refractivity contribution in [1.82, 2.24) is 0 Å². The van der Waals surface area contributed by atoms with Gasteiger partial charge in [0.2, 0.25) is 0 Å². The van der Waals surface area contributed by atoms with Gasteiger partial charge in [-0.05, 0) is 187 Å². The minimum absolute atomic E-state index is 0.501. The maximum absolute atomic E-state index is 2.33. The molecule has 0 spiro atoms. The zero-order chi connectivity index (χ0) is 73.1. The number of hydrogen-bond acceptors (Lipinski definition) is 0. The normalized spacial score (nSPS) is 13.6. The van der Waals surface area contributed by atoms with Crippen LogP contribution in [0.15, 0.2) is 449 Å². The third-order valence-electron chi connectivity index (χ3n) is 20.7. The van der Waals surface area contributed by atoms with Gasteiger partial charge in [-0.2, -0.15) is 0 Å². The lowest BCUT2D eigenvalue weighted by Crippen LogP contribution is -2.38. The van der Waals surface area contributed by atoms with Crippen LogP contribution in [0.4, 0.5) is 0 Å². The molecule has 0 aliphatic heterocycles. The summed E-state index contributed by atoms with van der Waals surface area (Å²) in [4.78, 5) is 0. The number of aryl methyl sites for hydroxylation is 2. The summed E-state index contributed by atoms with van der Waals surface area (Å²) in [7, 11) is 0. The second-order valence-corrected chi connectivity index (χ2v) is 27.8. The van der Waals surface area contributed by atoms with Crippen molar-refractivity contribution in [2.24, 2.45) is 11.8 Å². The highest BCUT2D eigenvalue weighted by Crippen LogP contribution is 2.39. The molecule has 0 N–H and O–H groups in total. The highest BCUT2D eigenvalue weighted by molar-refractivity contribution is 6.07. The summed E-state index contributed by atoms with van der Waals surface area (Å²) in [6, 6.07) is 141. The Hall–Kier alpha value is -13.3. The third-order valence-corrected chi connectivity index (χ3v) is 20.7. The van der Waals surface area contributed by atoms with Crippen LogP contribution in [0.3, 0.4) is 0 Å². The van der Waals surface area contributed by atoms with E-state index in [0.29, 0.717) is 11.8 Å². The standard InChI is InChI=1S/2C18H14.2C14H10.2C13H10.C10H8.C8H10/c1-2-8-14-13(7-1)15-9-3-4-11-17(15)18-12-6-5-10-16(14)18;1-3-8-15(9-4-1)17-12-7-13-18(14-17)16-10-5-2-6-11-16;1-3-7-13-11(5-1)9-10-12-6-2-4-8-14(12)13;1-2-6-12-10-14-8-4-3-7-13(14)9-11(12)5-1;2*1-3-7-12-10(5-1)9-11-6-2-4-8-13(11)12;1-2-6-10-8-4-3-7-9(10)5-1;1-7-3-5-8(2)6-4-7/h1-13,15H;1-14H;2*1-10H;2*1-8H,9H2;1-8H;3-6H,1-2H3. The fraction of sp³-hybridized carbons (Fsp3) is 0.0556. The monoisotopic (exact) mass is 1380 g/mol. The van der Waals surface area contributed by atoms with Gasteiger partial charge in [-0.3, -0.25) is 0 Å². The molecule has 17 aromatic carbocycles. The highest BCUT2D eigenvalue weighted by atomic mass is 14.3. The number of rotatable bonds is 2. The van der Waals surface area contributed by atoms with Gasteiger partial charge in [-0.1, -0.05) is 442 Å². The molecule has 0 bridgehead atoms. The summed E-state index contributed by atoms with van der Waals surface area (Å²) in [6.45, 7) is 4.19. The molecule has 518 valence electrons. The Kier molecular flexibility index (Phi) is 22.5. The Morgan fingerprint density at radius 2 is 0.481 bits per heavy atom. The molecule has 2 unspecified atom stereocenters. The van der Waals surface area contributed by atoms with Gasteiger partial charge in [-0.15, -0.1) is 0 Å². The van der Waals surface area contributed by atoms with Crippen LogP contribution in [-0.2, 0) is 12.8 Å². The van der Waals surface area contributed by atoms with Crippen LogP contribution in [-0.4, -0.2) is 0 Å². The van der Waals surface area contributed by atoms with Crippen LogP contribution in [0, 0.1) is 25.7 Å². The van der Waals surface area contributed by atoms with Crippen molar-refractivity contribution < 1.29 is 0 Å². The summed E-state index contributed by atoms with van der Waals surface area (Å²) >= 11 is 0. The lowest BCUT2D eigenvalue weighted by molar-refractivity contribution is 0.694. The van der Waals surface area contributed by atoms with E-state index in [-0.39, 0.29) is 0 Å². The number of fused-ring (bicyclic) bond motifs is 16. The summed E-state index contributed by atoms with van der Waals surface area (Å²) in [5.74, 6) is 1.00. The van der Waals surface area contributed by atoms with Crippen molar-refractivity contribution >= 4 is 65.0 Å². The molecule has 0 radical (unpaired) electrons. The number of benzene rings is 17. The van der Waals surface area contributed by atoms with Crippen LogP contribution in [0.2, 0.25) is 0 Å². The molecule has 0 aromatic heterocycles. The molecular formula is C108H86. The van der Waals surface area contributed by atoms with E-state index in [1.54, 1.807) is 0 Å². The van der Waals surface area contributed by atoms with E-state index in [4.69, 9.17) is 0 Å². The van der Waals surface area contributed by atoms with E-state index in [1.165, 1.54) is 153 Å². The average Bonchev–Trinajstić information content (AvgIpc) is 1.39. The fourth-order valence-corrected chi connectivity index (χ4v) is 15.2. The van der Waals surface area contributed by atoms with Gasteiger partial charge in [0.1, 0.15) is 0 Å². The van der Waals surface area contributed by atoms with Crippen LogP contribution in [0.25, 0.3) is 110 Å². The second kappa shape index (κ2) is 34.6. The van der Waals surface area contributed by atoms with Gasteiger partial charge in [0.05, 0.1) is 0 Å². The fourth-order valence-electron chi connectivity index (χ4n) is 15.2. The van der Waals surface area contributed by atoms with Gasteiger partial charge in [-0.25, -0.2) is 0 Å². The van der Waals surface area contributed by atoms with Crippen molar-refractivity contribution in [3.8, 4) is 44.5 Å². The quantitative estimate of drug-likeness (QED) is 0.120. The third kappa shape index (κ3) is 16.9. The average molecular weight is 1380 g/mol. The Bertz CT molecular complexity index is 5650. The number of allylic oxidation sites excluding steroid dienone is 8. The van der Waals surface area contributed by atoms with E-state index in [1.807, 2.05) is 12.1 Å². The van der Waals surface area contributed by atoms with Crippen molar-refractivity contribution in [3.63, 3.8) is 0 Å². The zero-order valence-corrected chi connectivity index (χ0v) is 61.3. The maximum Gasteiger partial charge on any atom is 0.0131 e. The predicted octanol–water partition coefficient (Wildman–Crippen LogP) is 27.2. The van der Waals surface area contributed by atoms with Crippen LogP contribution in [0.5, 0.6) is 0 Å². The summed E-state index contributed by atoms with van der Waals surface area (Å²) in [5, 5.41) is 16.0. The van der Waals surface area contributed by atoms with Gasteiger partial charge < -0.3 is 0 Å². The first kappa shape index (κ1) is 70.4. The van der Waals surface area contributed by atoms with Crippen LogP contribution in [0.1, 0.15) is 33.4 Å². The smallest absolute Gasteiger partial charge is 0.0131 e. The Balaban J connectivity index is 0.0000000994. The lowest BCUT2D eigenvalue weighted by atomic mass is 9.72. The van der Waals surface area contributed by atoms with Crippen LogP contribution < -0.4 is 10.4 Å². The van der Waals surface area contributed by atoms with Crippen LogP contribution >= 0.6 is 0 Å². The van der Waals surface area contributed by atoms with Gasteiger partial charge in [0.25, 0.3) is 0 Å². The maximum atomic E-state index is 2.33. The Morgan fingerprint density at radius 3 is 0.833 bits per heavy atom. The minimum atomic E-state index is 0.501. The molecule has 0 nitrogen and oxygen atoms in total. The molecule has 0 fully saturated rings. The molecule has 0 saturated carbocycles. The summed E-state index contributed by atoms with van der Waals surface area (Å²) < 4.78 is 0. The van der Waals surface area contributed by atoms with Crippen molar-refractivity contribution in [2.45, 2.75) is 26.7 Å². The Morgan fingerprint density at radius 1 is 0.204 bits per heavy atom. The van der Waals surface area contributed by atoms with E-state index in [0.717, 1.165) is 12.8 Å². The molecule has 17 aromatic rings. The molecule has 22 rings (SSSR count). The molecule has 0 heteroatoms. The van der Waals surface area contributed by atoms with Crippen molar-refractivity contribution in [2.75, 3.05) is 0 Å². The molecule has 2 atom stereocenters. The highest BCUT2D eigenvalue weighted by Gasteiger charge is 2.28. The van der Waals surface area contributed by atoms with Gasteiger partial charge in [0, 0.05) is 11.8 Å². The molecule has 5 aliphatic carbocycles. The number of hydrogen-bond donors (Lipinski definition) is 0. The first-order chi connectivity index (χ1) is 53.4. The topological polar surface area (TPSA) is 0 Å². The van der Waals surface area contributed by atoms with E-state index >= 15 is 0 Å². The van der Waals surface area contributed by atoms with Crippen molar-refractivity contribution in [3.05, 3.63) is 493 Å². The Labute approximate surface area is 636 Å². The SMILES string of the molecule is C1=CC2=c3ccccc3=C3C=CC=CC3C2C=C1.Cc1ccc(C)cc1.c1ccc(-c2cccc(-c3ccccc3)c2)cc1.c1ccc2c(c1)Cc1ccccc1-2.c1ccc2c(c1)Cc1ccccc1-2.c1ccc2c(c1)ccc1ccccc12.c1ccc2cc3ccccc3cc2c1.c1ccc2ccccc2c1. The zero-order valence-electron chi connectivity index (χ0n) is 61.3. The van der Waals surface area contributed by atoms with E-state index in [2.05, 4.69) is 451 Å². The first-order valence-corrected chi connectivity index (χ1v) is 37.7. The summed E-state index contributed by atoms with van der Waals surface area (Å²) in [6.07, 6.45) is 20.1.